The summed E-state index contributed by atoms with van der Waals surface area (Å²) >= 11 is 1.59. The molecule has 0 saturated carbocycles. The number of methoxy groups -OCH3 is 1. The van der Waals surface area contributed by atoms with E-state index in [1.54, 1.807) is 18.4 Å². The van der Waals surface area contributed by atoms with E-state index in [0.29, 0.717) is 0 Å². The zero-order valence-electron chi connectivity index (χ0n) is 9.75. The Balaban J connectivity index is 1.91. The Kier molecular flexibility index (Phi) is 3.73. The molecule has 1 aromatic heterocycles. The van der Waals surface area contributed by atoms with Crippen molar-refractivity contribution in [2.75, 3.05) is 32.1 Å². The van der Waals surface area contributed by atoms with Crippen molar-refractivity contribution in [1.29, 1.82) is 0 Å². The maximum Gasteiger partial charge on any atom is 0.205 e. The summed E-state index contributed by atoms with van der Waals surface area (Å²) in [5, 5.41) is 16.8. The predicted octanol–water partition coefficient (Wildman–Crippen LogP) is 1.03. The van der Waals surface area contributed by atoms with Crippen molar-refractivity contribution in [3.63, 3.8) is 0 Å². The predicted molar refractivity (Wildman–Crippen MR) is 65.0 cm³/mol. The molecule has 0 amide bonds. The minimum Gasteiger partial charge on any atom is -0.383 e. The molecule has 5 nitrogen and oxygen atoms in total. The van der Waals surface area contributed by atoms with Gasteiger partial charge in [0.1, 0.15) is 5.01 Å². The van der Waals surface area contributed by atoms with Crippen molar-refractivity contribution in [1.82, 2.24) is 15.5 Å². The number of anilines is 1. The molecule has 1 aliphatic rings. The topological polar surface area (TPSA) is 59.1 Å². The molecule has 6 heteroatoms. The molecule has 1 fully saturated rings. The Morgan fingerprint density at radius 1 is 1.56 bits per heavy atom. The third kappa shape index (κ3) is 2.69. The van der Waals surface area contributed by atoms with Gasteiger partial charge in [0.05, 0.1) is 12.1 Å². The Labute approximate surface area is 99.6 Å². The first-order valence-corrected chi connectivity index (χ1v) is 6.34. The molecule has 0 aliphatic carbocycles. The van der Waals surface area contributed by atoms with Gasteiger partial charge in [-0.1, -0.05) is 11.3 Å². The van der Waals surface area contributed by atoms with Gasteiger partial charge in [-0.15, -0.1) is 10.2 Å². The fourth-order valence-corrected chi connectivity index (χ4v) is 2.67. The van der Waals surface area contributed by atoms with E-state index < -0.39 is 0 Å². The third-order valence-corrected chi connectivity index (χ3v) is 3.65. The van der Waals surface area contributed by atoms with Crippen LogP contribution in [-0.4, -0.2) is 42.5 Å². The zero-order chi connectivity index (χ0) is 11.4. The van der Waals surface area contributed by atoms with E-state index >= 15 is 0 Å². The van der Waals surface area contributed by atoms with Gasteiger partial charge in [-0.25, -0.2) is 0 Å². The van der Waals surface area contributed by atoms with E-state index in [4.69, 9.17) is 4.74 Å². The highest BCUT2D eigenvalue weighted by atomic mass is 32.1. The molecular formula is C10H18N4OS. The number of aryl methyl sites for hydroxylation is 1. The second kappa shape index (κ2) is 5.07. The second-order valence-corrected chi connectivity index (χ2v) is 5.41. The molecule has 2 N–H and O–H groups in total. The largest absolute Gasteiger partial charge is 0.383 e. The van der Waals surface area contributed by atoms with Crippen LogP contribution in [0.4, 0.5) is 5.13 Å². The summed E-state index contributed by atoms with van der Waals surface area (Å²) in [7, 11) is 1.75. The lowest BCUT2D eigenvalue weighted by Gasteiger charge is -2.28. The molecule has 2 rings (SSSR count). The van der Waals surface area contributed by atoms with Crippen molar-refractivity contribution in [2.45, 2.75) is 25.3 Å². The zero-order valence-corrected chi connectivity index (χ0v) is 10.6. The van der Waals surface area contributed by atoms with E-state index in [0.717, 1.165) is 36.3 Å². The summed E-state index contributed by atoms with van der Waals surface area (Å²) in [6.07, 6.45) is 2.35. The maximum absolute atomic E-state index is 5.29. The van der Waals surface area contributed by atoms with E-state index in [1.807, 2.05) is 6.92 Å². The summed E-state index contributed by atoms with van der Waals surface area (Å²) < 4.78 is 5.29. The van der Waals surface area contributed by atoms with Gasteiger partial charge in [-0.05, 0) is 26.3 Å². The first-order chi connectivity index (χ1) is 7.74. The van der Waals surface area contributed by atoms with Gasteiger partial charge in [0, 0.05) is 13.7 Å². The van der Waals surface area contributed by atoms with Gasteiger partial charge < -0.3 is 15.4 Å². The fourth-order valence-electron chi connectivity index (χ4n) is 2.08. The highest BCUT2D eigenvalue weighted by Crippen LogP contribution is 2.21. The molecule has 1 unspecified atom stereocenters. The number of hydrogen-bond acceptors (Lipinski definition) is 6. The monoisotopic (exact) mass is 242 g/mol. The number of hydrogen-bond donors (Lipinski definition) is 2. The molecule has 0 radical (unpaired) electrons. The molecule has 1 saturated heterocycles. The van der Waals surface area contributed by atoms with Crippen LogP contribution in [0.2, 0.25) is 0 Å². The van der Waals surface area contributed by atoms with Gasteiger partial charge in [-0.3, -0.25) is 0 Å². The average Bonchev–Trinajstić information content (AvgIpc) is 2.86. The number of ether oxygens (including phenoxy) is 1. The quantitative estimate of drug-likeness (QED) is 0.807. The van der Waals surface area contributed by atoms with Crippen molar-refractivity contribution < 1.29 is 4.74 Å². The number of rotatable bonds is 5. The van der Waals surface area contributed by atoms with Crippen molar-refractivity contribution in [3.05, 3.63) is 5.01 Å². The van der Waals surface area contributed by atoms with Gasteiger partial charge in [0.25, 0.3) is 0 Å². The average molecular weight is 242 g/mol. The number of aromatic nitrogens is 2. The molecule has 2 heterocycles. The molecule has 0 spiro atoms. The summed E-state index contributed by atoms with van der Waals surface area (Å²) in [6, 6.07) is 0. The van der Waals surface area contributed by atoms with Gasteiger partial charge >= 0.3 is 0 Å². The number of nitrogens with zero attached hydrogens (tertiary/aromatic N) is 2. The van der Waals surface area contributed by atoms with Crippen LogP contribution in [0.3, 0.4) is 0 Å². The lowest BCUT2D eigenvalue weighted by Crippen LogP contribution is -2.49. The normalized spacial score (nSPS) is 24.9. The number of nitrogens with one attached hydrogen (secondary N) is 2. The lowest BCUT2D eigenvalue weighted by molar-refractivity contribution is 0.127. The Morgan fingerprint density at radius 2 is 2.44 bits per heavy atom. The van der Waals surface area contributed by atoms with E-state index in [1.165, 1.54) is 6.42 Å². The minimum atomic E-state index is 0.0638. The maximum atomic E-state index is 5.29. The molecule has 1 aliphatic heterocycles. The Hall–Kier alpha value is -0.720. The minimum absolute atomic E-state index is 0.0638. The van der Waals surface area contributed by atoms with E-state index in [-0.39, 0.29) is 5.54 Å². The third-order valence-electron chi connectivity index (χ3n) is 2.86. The molecule has 1 aromatic rings. The fraction of sp³-hybridized carbons (Fsp3) is 0.800. The van der Waals surface area contributed by atoms with Crippen LogP contribution in [0.25, 0.3) is 0 Å². The molecular weight excluding hydrogens is 224 g/mol. The highest BCUT2D eigenvalue weighted by Gasteiger charge is 2.33. The van der Waals surface area contributed by atoms with Gasteiger partial charge in [0.15, 0.2) is 0 Å². The summed E-state index contributed by atoms with van der Waals surface area (Å²) in [6.45, 7) is 4.61. The van der Waals surface area contributed by atoms with Crippen LogP contribution in [0.1, 0.15) is 17.8 Å². The van der Waals surface area contributed by atoms with Crippen LogP contribution >= 0.6 is 11.3 Å². The van der Waals surface area contributed by atoms with Gasteiger partial charge in [-0.2, -0.15) is 0 Å². The molecule has 90 valence electrons. The second-order valence-electron chi connectivity index (χ2n) is 4.22. The molecule has 0 aromatic carbocycles. The smallest absolute Gasteiger partial charge is 0.205 e. The SMILES string of the molecule is COCC1(CNc2nnc(C)s2)CCCN1. The van der Waals surface area contributed by atoms with E-state index in [2.05, 4.69) is 20.8 Å². The molecule has 0 bridgehead atoms. The van der Waals surface area contributed by atoms with Gasteiger partial charge in [0.2, 0.25) is 5.13 Å². The van der Waals surface area contributed by atoms with Crippen LogP contribution < -0.4 is 10.6 Å². The summed E-state index contributed by atoms with van der Waals surface area (Å²) in [5.74, 6) is 0. The van der Waals surface area contributed by atoms with Crippen molar-refractivity contribution in [3.8, 4) is 0 Å². The van der Waals surface area contributed by atoms with Crippen LogP contribution in [0.15, 0.2) is 0 Å². The van der Waals surface area contributed by atoms with Crippen LogP contribution in [0.5, 0.6) is 0 Å². The highest BCUT2D eigenvalue weighted by molar-refractivity contribution is 7.15. The molecule has 1 atom stereocenters. The van der Waals surface area contributed by atoms with E-state index in [9.17, 15) is 0 Å². The Bertz CT molecular complexity index is 335. The summed E-state index contributed by atoms with van der Waals surface area (Å²) in [4.78, 5) is 0. The summed E-state index contributed by atoms with van der Waals surface area (Å²) in [5.41, 5.74) is 0.0638. The van der Waals surface area contributed by atoms with Crippen molar-refractivity contribution in [2.24, 2.45) is 0 Å². The Morgan fingerprint density at radius 3 is 3.00 bits per heavy atom. The molecule has 16 heavy (non-hydrogen) atoms. The van der Waals surface area contributed by atoms with Crippen LogP contribution in [0, 0.1) is 6.92 Å². The van der Waals surface area contributed by atoms with Crippen LogP contribution in [-0.2, 0) is 4.74 Å². The standard InChI is InChI=1S/C10H18N4OS/c1-8-13-14-9(16-8)11-6-10(7-15-2)4-3-5-12-10/h12H,3-7H2,1-2H3,(H,11,14). The first kappa shape index (κ1) is 11.8. The first-order valence-electron chi connectivity index (χ1n) is 5.52. The lowest BCUT2D eigenvalue weighted by atomic mass is 9.99. The van der Waals surface area contributed by atoms with Crippen molar-refractivity contribution >= 4 is 16.5 Å².